The van der Waals surface area contributed by atoms with Gasteiger partial charge in [-0.2, -0.15) is 0 Å². The number of para-hydroxylation sites is 1. The minimum Gasteiger partial charge on any atom is -0.493 e. The summed E-state index contributed by atoms with van der Waals surface area (Å²) >= 11 is 0. The lowest BCUT2D eigenvalue weighted by Gasteiger charge is -2.08. The number of carbonyl (C=O) groups excluding carboxylic acids is 2. The Balaban J connectivity index is 2.03. The fraction of sp³-hybridized carbons (Fsp3) is 0.200. The molecule has 0 heterocycles. The Labute approximate surface area is 147 Å². The largest absolute Gasteiger partial charge is 0.493 e. The van der Waals surface area contributed by atoms with Crippen molar-refractivity contribution in [2.24, 2.45) is 0 Å². The van der Waals surface area contributed by atoms with Crippen LogP contribution in [0.25, 0.3) is 6.08 Å². The van der Waals surface area contributed by atoms with E-state index in [1.54, 1.807) is 30.3 Å². The maximum atomic E-state index is 12.1. The summed E-state index contributed by atoms with van der Waals surface area (Å²) in [5.41, 5.74) is 2.09. The number of amides is 2. The maximum absolute atomic E-state index is 12.1. The number of nitrogens with one attached hydrogen (secondary N) is 2. The molecule has 2 aromatic rings. The lowest BCUT2D eigenvalue weighted by Crippen LogP contribution is -2.09. The molecule has 0 aromatic heterocycles. The quantitative estimate of drug-likeness (QED) is 0.747. The predicted molar refractivity (Wildman–Crippen MR) is 101 cm³/mol. The maximum Gasteiger partial charge on any atom is 0.248 e. The van der Waals surface area contributed by atoms with Crippen LogP contribution in [0.3, 0.4) is 0 Å². The molecule has 0 radical (unpaired) electrons. The van der Waals surface area contributed by atoms with Gasteiger partial charge in [-0.05, 0) is 36.8 Å². The van der Waals surface area contributed by atoms with Gasteiger partial charge in [0.2, 0.25) is 11.8 Å². The molecule has 2 amide bonds. The fourth-order valence-corrected chi connectivity index (χ4v) is 2.19. The van der Waals surface area contributed by atoms with Crippen LogP contribution in [-0.2, 0) is 9.59 Å². The first-order valence-corrected chi connectivity index (χ1v) is 8.17. The van der Waals surface area contributed by atoms with Crippen molar-refractivity contribution in [3.05, 3.63) is 60.2 Å². The van der Waals surface area contributed by atoms with Gasteiger partial charge in [-0.1, -0.05) is 31.2 Å². The highest BCUT2D eigenvalue weighted by molar-refractivity contribution is 6.02. The van der Waals surface area contributed by atoms with E-state index in [1.165, 1.54) is 13.0 Å². The van der Waals surface area contributed by atoms with E-state index in [1.807, 2.05) is 31.2 Å². The van der Waals surface area contributed by atoms with Crippen LogP contribution in [0, 0.1) is 0 Å². The first-order chi connectivity index (χ1) is 12.1. The second kappa shape index (κ2) is 9.27. The van der Waals surface area contributed by atoms with Gasteiger partial charge in [0, 0.05) is 29.9 Å². The summed E-state index contributed by atoms with van der Waals surface area (Å²) in [5, 5.41) is 5.45. The van der Waals surface area contributed by atoms with Gasteiger partial charge < -0.3 is 15.4 Å². The molecule has 2 N–H and O–H groups in total. The fourth-order valence-electron chi connectivity index (χ4n) is 2.19. The zero-order chi connectivity index (χ0) is 18.1. The first-order valence-electron chi connectivity index (χ1n) is 8.17. The topological polar surface area (TPSA) is 67.4 Å². The summed E-state index contributed by atoms with van der Waals surface area (Å²) in [6.45, 7) is 4.11. The molecule has 0 bridgehead atoms. The third kappa shape index (κ3) is 6.14. The van der Waals surface area contributed by atoms with Crippen molar-refractivity contribution in [3.8, 4) is 5.75 Å². The van der Waals surface area contributed by atoms with Gasteiger partial charge in [-0.3, -0.25) is 9.59 Å². The minimum absolute atomic E-state index is 0.160. The standard InChI is InChI=1S/C20H22N2O3/c1-3-13-25-19-10-5-4-7-16(19)11-12-20(24)22-18-9-6-8-17(14-18)21-15(2)23/h4-12,14H,3,13H2,1-2H3,(H,21,23)(H,22,24)/b12-11+. The molecule has 0 fully saturated rings. The smallest absolute Gasteiger partial charge is 0.248 e. The molecule has 2 aromatic carbocycles. The Morgan fingerprint density at radius 3 is 2.48 bits per heavy atom. The molecule has 0 aliphatic heterocycles. The third-order valence-corrected chi connectivity index (χ3v) is 3.25. The van der Waals surface area contributed by atoms with Crippen molar-refractivity contribution in [1.29, 1.82) is 0 Å². The monoisotopic (exact) mass is 338 g/mol. The second-order valence-electron chi connectivity index (χ2n) is 5.47. The molecular formula is C20H22N2O3. The minimum atomic E-state index is -0.259. The third-order valence-electron chi connectivity index (χ3n) is 3.25. The van der Waals surface area contributed by atoms with Crippen LogP contribution < -0.4 is 15.4 Å². The van der Waals surface area contributed by atoms with E-state index < -0.39 is 0 Å². The average molecular weight is 338 g/mol. The molecular weight excluding hydrogens is 316 g/mol. The van der Waals surface area contributed by atoms with Crippen LogP contribution >= 0.6 is 0 Å². The number of carbonyl (C=O) groups is 2. The van der Waals surface area contributed by atoms with E-state index in [9.17, 15) is 9.59 Å². The van der Waals surface area contributed by atoms with Crippen molar-refractivity contribution < 1.29 is 14.3 Å². The summed E-state index contributed by atoms with van der Waals surface area (Å²) in [5.74, 6) is 0.332. The van der Waals surface area contributed by atoms with Gasteiger partial charge in [0.15, 0.2) is 0 Å². The molecule has 25 heavy (non-hydrogen) atoms. The molecule has 5 nitrogen and oxygen atoms in total. The predicted octanol–water partition coefficient (Wildman–Crippen LogP) is 4.09. The highest BCUT2D eigenvalue weighted by atomic mass is 16.5. The van der Waals surface area contributed by atoms with Gasteiger partial charge in [0.25, 0.3) is 0 Å². The van der Waals surface area contributed by atoms with E-state index in [2.05, 4.69) is 10.6 Å². The summed E-state index contributed by atoms with van der Waals surface area (Å²) in [7, 11) is 0. The average Bonchev–Trinajstić information content (AvgIpc) is 2.58. The van der Waals surface area contributed by atoms with Crippen molar-refractivity contribution in [3.63, 3.8) is 0 Å². The molecule has 0 aliphatic carbocycles. The van der Waals surface area contributed by atoms with Crippen molar-refractivity contribution in [1.82, 2.24) is 0 Å². The van der Waals surface area contributed by atoms with E-state index >= 15 is 0 Å². The van der Waals surface area contributed by atoms with E-state index in [0.717, 1.165) is 17.7 Å². The molecule has 5 heteroatoms. The van der Waals surface area contributed by atoms with Crippen LogP contribution in [0.1, 0.15) is 25.8 Å². The number of benzene rings is 2. The van der Waals surface area contributed by atoms with Crippen LogP contribution in [0.15, 0.2) is 54.6 Å². The summed E-state index contributed by atoms with van der Waals surface area (Å²) in [6.07, 6.45) is 4.10. The van der Waals surface area contributed by atoms with E-state index in [0.29, 0.717) is 18.0 Å². The summed E-state index contributed by atoms with van der Waals surface area (Å²) < 4.78 is 5.67. The summed E-state index contributed by atoms with van der Waals surface area (Å²) in [6, 6.07) is 14.5. The molecule has 0 saturated carbocycles. The van der Waals surface area contributed by atoms with Gasteiger partial charge >= 0.3 is 0 Å². The van der Waals surface area contributed by atoms with Gasteiger partial charge in [0.05, 0.1) is 6.61 Å². The molecule has 0 atom stereocenters. The van der Waals surface area contributed by atoms with Crippen molar-refractivity contribution >= 4 is 29.3 Å². The number of hydrogen-bond donors (Lipinski definition) is 2. The van der Waals surface area contributed by atoms with E-state index in [-0.39, 0.29) is 11.8 Å². The van der Waals surface area contributed by atoms with Crippen LogP contribution in [-0.4, -0.2) is 18.4 Å². The van der Waals surface area contributed by atoms with Crippen LogP contribution in [0.4, 0.5) is 11.4 Å². The molecule has 0 unspecified atom stereocenters. The number of rotatable bonds is 7. The van der Waals surface area contributed by atoms with Gasteiger partial charge in [-0.15, -0.1) is 0 Å². The Bertz CT molecular complexity index is 769. The first kappa shape index (κ1) is 18.3. The Kier molecular flexibility index (Phi) is 6.77. The number of hydrogen-bond acceptors (Lipinski definition) is 3. The van der Waals surface area contributed by atoms with Crippen molar-refractivity contribution in [2.75, 3.05) is 17.2 Å². The number of ether oxygens (including phenoxy) is 1. The zero-order valence-electron chi connectivity index (χ0n) is 14.4. The van der Waals surface area contributed by atoms with Crippen molar-refractivity contribution in [2.45, 2.75) is 20.3 Å². The molecule has 0 spiro atoms. The normalized spacial score (nSPS) is 10.5. The van der Waals surface area contributed by atoms with Crippen LogP contribution in [0.2, 0.25) is 0 Å². The second-order valence-corrected chi connectivity index (χ2v) is 5.47. The molecule has 2 rings (SSSR count). The lowest BCUT2D eigenvalue weighted by molar-refractivity contribution is -0.114. The molecule has 0 saturated heterocycles. The molecule has 130 valence electrons. The highest BCUT2D eigenvalue weighted by Gasteiger charge is 2.03. The number of anilines is 2. The summed E-state index contributed by atoms with van der Waals surface area (Å²) in [4.78, 5) is 23.2. The highest BCUT2D eigenvalue weighted by Crippen LogP contribution is 2.20. The van der Waals surface area contributed by atoms with Gasteiger partial charge in [0.1, 0.15) is 5.75 Å². The van der Waals surface area contributed by atoms with Crippen LogP contribution in [0.5, 0.6) is 5.75 Å². The molecule has 0 aliphatic rings. The lowest BCUT2D eigenvalue weighted by atomic mass is 10.2. The SMILES string of the molecule is CCCOc1ccccc1/C=C/C(=O)Nc1cccc(NC(C)=O)c1. The zero-order valence-corrected chi connectivity index (χ0v) is 14.4. The van der Waals surface area contributed by atoms with Gasteiger partial charge in [-0.25, -0.2) is 0 Å². The Morgan fingerprint density at radius 2 is 1.76 bits per heavy atom. The Hall–Kier alpha value is -3.08. The Morgan fingerprint density at radius 1 is 1.04 bits per heavy atom. The van der Waals surface area contributed by atoms with E-state index in [4.69, 9.17) is 4.74 Å².